The van der Waals surface area contributed by atoms with E-state index in [1.165, 1.54) is 26.1 Å². The molecule has 4 aromatic carbocycles. The van der Waals surface area contributed by atoms with Gasteiger partial charge in [-0.1, -0.05) is 159 Å². The van der Waals surface area contributed by atoms with Crippen LogP contribution in [0.25, 0.3) is 133 Å². The molecule has 0 fully saturated rings. The fraction of sp³-hybridized carbons (Fsp3) is 0.373. The van der Waals surface area contributed by atoms with E-state index in [0.29, 0.717) is 90.3 Å². The van der Waals surface area contributed by atoms with Gasteiger partial charge in [-0.15, -0.1) is 0 Å². The molecule has 2 unspecified atom stereocenters. The quantitative estimate of drug-likeness (QED) is 0.0988. The number of aryl methyl sites for hydroxylation is 12. The second-order valence-corrected chi connectivity index (χ2v) is 31.9. The molecule has 0 aliphatic heterocycles. The summed E-state index contributed by atoms with van der Waals surface area (Å²) in [5.74, 6) is -7.89. The number of nitrogens with zero attached hydrogens (tertiary/aromatic N) is 8. The average Bonchev–Trinajstić information content (AvgIpc) is 1.35. The molecule has 0 amide bonds. The zero-order valence-corrected chi connectivity index (χ0v) is 70.2. The van der Waals surface area contributed by atoms with Gasteiger partial charge in [0.2, 0.25) is 45.6 Å². The van der Waals surface area contributed by atoms with Gasteiger partial charge < -0.3 is 17.7 Å². The van der Waals surface area contributed by atoms with Crippen molar-refractivity contribution in [2.24, 2.45) is 40.0 Å². The Kier molecular flexibility index (Phi) is 16.4. The zero-order valence-electron chi connectivity index (χ0n) is 92.2. The van der Waals surface area contributed by atoms with Gasteiger partial charge in [-0.25, -0.2) is 38.2 Å². The molecule has 16 aromatic rings. The van der Waals surface area contributed by atoms with Gasteiger partial charge in [0.1, 0.15) is 28.2 Å². The molecule has 12 aromatic heterocycles. The first-order valence-electron chi connectivity index (χ1n) is 49.8. The lowest BCUT2D eigenvalue weighted by atomic mass is 9.94. The Morgan fingerprint density at radius 2 is 0.588 bits per heavy atom. The minimum absolute atomic E-state index is 0.0838. The molecule has 12 nitrogen and oxygen atoms in total. The van der Waals surface area contributed by atoms with E-state index in [2.05, 4.69) is 43.6 Å². The van der Waals surface area contributed by atoms with Crippen molar-refractivity contribution in [2.75, 3.05) is 0 Å². The van der Waals surface area contributed by atoms with Crippen molar-refractivity contribution in [1.29, 1.82) is 0 Å². The van der Waals surface area contributed by atoms with Gasteiger partial charge in [0.15, 0.2) is 47.1 Å². The number of hydrogen-bond acceptors (Lipinski definition) is 8. The largest absolute Gasteiger partial charge is 0.437 e. The number of furan rings is 4. The Morgan fingerprint density at radius 3 is 0.895 bits per heavy atom. The van der Waals surface area contributed by atoms with Crippen molar-refractivity contribution in [2.45, 2.75) is 214 Å². The van der Waals surface area contributed by atoms with Crippen molar-refractivity contribution in [3.05, 3.63) is 236 Å². The summed E-state index contributed by atoms with van der Waals surface area (Å²) in [5, 5.41) is 6.86. The highest BCUT2D eigenvalue weighted by molar-refractivity contribution is 6.12. The highest BCUT2D eigenvalue weighted by atomic mass is 16.4. The van der Waals surface area contributed by atoms with Crippen LogP contribution >= 0.6 is 0 Å². The Hall–Kier alpha value is -10.7. The molecule has 0 saturated carbocycles. The summed E-state index contributed by atoms with van der Waals surface area (Å²) in [4.78, 5) is 18.3. The SMILES string of the molecule is [2H]C(C)(C)c1c[n+](C)c(-c2c(C)ccc3c2oc2nc(C([2H])([2H])C(C)C)ccc23)cc1C.[2H]C([2H])([2H])c1c[n+](C)c(-c2c(C)ccc3c2oc2nc(C([2H])(C)C)ccc23)cc1C([2H])(C)C.[2H]C([2H])([2H])c1c[n+](C)c(-c2c(C)ccc3c2oc2nc(C([2H])(C)C)ccc23)cc1C([2H])(C)C([2H])([2H])[2H].[2H]C([2H])(c1ccc2c(n1)oc1c(-c3cc(C)c(C([2H])(C)C([2H])([2H])[2H])c[n+]3C)c(C)ccc12)C(C)C. The maximum atomic E-state index is 8.68. The number of pyridine rings is 8. The third-order valence-electron chi connectivity index (χ3n) is 21.2. The maximum Gasteiger partial charge on any atom is 0.227 e. The molecule has 588 valence electrons. The number of fused-ring (bicyclic) bond motifs is 12. The summed E-state index contributed by atoms with van der Waals surface area (Å²) >= 11 is 0. The molecule has 12 heteroatoms. The maximum absolute atomic E-state index is 8.68. The lowest BCUT2D eigenvalue weighted by molar-refractivity contribution is -0.661. The summed E-state index contributed by atoms with van der Waals surface area (Å²) in [6.45, 7) is 25.9. The van der Waals surface area contributed by atoms with Gasteiger partial charge in [0.05, 0.1) is 22.3 Å². The smallest absolute Gasteiger partial charge is 0.227 e. The highest BCUT2D eigenvalue weighted by Crippen LogP contribution is 2.43. The molecule has 0 N–H and O–H groups in total. The van der Waals surface area contributed by atoms with Crippen LogP contribution < -0.4 is 18.3 Å². The fourth-order valence-electron chi connectivity index (χ4n) is 15.3. The van der Waals surface area contributed by atoms with Gasteiger partial charge >= 0.3 is 0 Å². The van der Waals surface area contributed by atoms with E-state index >= 15 is 0 Å². The molecular formula is C102H120N8O4+4. The van der Waals surface area contributed by atoms with Crippen LogP contribution in [0, 0.1) is 67.1 Å². The first kappa shape index (κ1) is 57.3. The third-order valence-corrected chi connectivity index (χ3v) is 21.2. The van der Waals surface area contributed by atoms with Crippen molar-refractivity contribution in [1.82, 2.24) is 19.9 Å². The van der Waals surface area contributed by atoms with Crippen LogP contribution in [0.5, 0.6) is 0 Å². The topological polar surface area (TPSA) is 120 Å². The van der Waals surface area contributed by atoms with Crippen LogP contribution in [0.1, 0.15) is 266 Å². The van der Waals surface area contributed by atoms with Gasteiger partial charge in [0.25, 0.3) is 0 Å². The van der Waals surface area contributed by atoms with Crippen LogP contribution in [0.2, 0.25) is 0 Å². The van der Waals surface area contributed by atoms with E-state index in [1.807, 2.05) is 187 Å². The summed E-state index contributed by atoms with van der Waals surface area (Å²) in [6.07, 6.45) is 3.62. The molecule has 0 radical (unpaired) electrons. The van der Waals surface area contributed by atoms with Crippen molar-refractivity contribution in [3.8, 4) is 45.0 Å². The number of benzene rings is 4. The van der Waals surface area contributed by atoms with Crippen LogP contribution in [0.4, 0.5) is 0 Å². The standard InChI is InChI=1S/2C26H31N2O.2C25H29N2O/c2*1-15(2)12-19-9-11-21-20-10-8-17(5)24(25(20)29-26(21)27-19)23-13-18(6)22(16(3)4)14-28(23)7;2*1-14(2)20-12-22(27(7)13-17(20)6)23-16(5)8-9-18-19-10-11-21(15(3)4)26-25(19)28-24(18)23/h2*8-11,13-16H,12H2,1-7H3;2*8-15H,1-7H3/q4*+1/i3D3,12D2,16D;12D2,16D;1D3,6D3,14D,15D;6D3,14D,15D. The second kappa shape index (κ2) is 32.6. The monoisotopic (exact) mass is 1540 g/mol. The normalized spacial score (nSPS) is 17.0. The van der Waals surface area contributed by atoms with Crippen LogP contribution in [0.15, 0.2) is 164 Å². The van der Waals surface area contributed by atoms with Crippen molar-refractivity contribution >= 4 is 88.3 Å². The van der Waals surface area contributed by atoms with Crippen LogP contribution in [0.3, 0.4) is 0 Å². The number of rotatable bonds is 14. The minimum atomic E-state index is -2.76. The summed E-state index contributed by atoms with van der Waals surface area (Å²) in [7, 11) is 7.33. The van der Waals surface area contributed by atoms with Crippen LogP contribution in [-0.4, -0.2) is 19.9 Å². The molecule has 16 rings (SSSR count). The van der Waals surface area contributed by atoms with Crippen LogP contribution in [-0.2, 0) is 40.9 Å². The van der Waals surface area contributed by atoms with E-state index in [0.717, 1.165) is 116 Å². The lowest BCUT2D eigenvalue weighted by Crippen LogP contribution is -2.32. The van der Waals surface area contributed by atoms with E-state index in [1.54, 1.807) is 94.4 Å². The van der Waals surface area contributed by atoms with E-state index in [9.17, 15) is 0 Å². The van der Waals surface area contributed by atoms with Gasteiger partial charge in [-0.3, -0.25) is 0 Å². The molecule has 12 heterocycles. The first-order chi connectivity index (χ1) is 62.3. The second-order valence-electron chi connectivity index (χ2n) is 31.9. The Labute approximate surface area is 706 Å². The van der Waals surface area contributed by atoms with E-state index < -0.39 is 75.5 Å². The van der Waals surface area contributed by atoms with Gasteiger partial charge in [0, 0.05) is 143 Å². The summed E-state index contributed by atoms with van der Waals surface area (Å²) < 4.78 is 212. The number of aromatic nitrogens is 8. The minimum Gasteiger partial charge on any atom is -0.437 e. The molecule has 0 bridgehead atoms. The predicted octanol–water partition coefficient (Wildman–Crippen LogP) is 25.5. The van der Waals surface area contributed by atoms with E-state index in [4.69, 9.17) is 47.8 Å². The molecule has 0 aliphatic carbocycles. The number of hydrogen-bond donors (Lipinski definition) is 0. The van der Waals surface area contributed by atoms with Crippen molar-refractivity contribution < 1.29 is 66.1 Å². The lowest BCUT2D eigenvalue weighted by Gasteiger charge is -2.12. The zero-order chi connectivity index (χ0) is 101. The molecule has 0 saturated heterocycles. The molecular weight excluding hydrogens is 1400 g/mol. The van der Waals surface area contributed by atoms with E-state index in [-0.39, 0.29) is 28.5 Å². The van der Waals surface area contributed by atoms with Gasteiger partial charge in [-0.2, -0.15) is 0 Å². The first-order valence-corrected chi connectivity index (χ1v) is 38.8. The summed E-state index contributed by atoms with van der Waals surface area (Å²) in [5.41, 5.74) is 20.0. The average molecular weight is 1540 g/mol. The Balaban J connectivity index is 0.000000154. The molecule has 2 atom stereocenters. The highest BCUT2D eigenvalue weighted by Gasteiger charge is 2.29. The molecule has 114 heavy (non-hydrogen) atoms. The summed E-state index contributed by atoms with van der Waals surface area (Å²) in [6, 6.07) is 38.0. The fourth-order valence-corrected chi connectivity index (χ4v) is 15.3. The predicted molar refractivity (Wildman–Crippen MR) is 472 cm³/mol. The molecule has 0 spiro atoms. The Bertz CT molecular complexity index is 7420. The molecule has 0 aliphatic rings. The van der Waals surface area contributed by atoms with Gasteiger partial charge in [-0.05, 0) is 208 Å². The third kappa shape index (κ3) is 15.9. The van der Waals surface area contributed by atoms with Crippen molar-refractivity contribution in [3.63, 3.8) is 0 Å². The Morgan fingerprint density at radius 1 is 0.307 bits per heavy atom.